The second kappa shape index (κ2) is 9.18. The first-order valence-electron chi connectivity index (χ1n) is 15.3. The highest BCUT2D eigenvalue weighted by molar-refractivity contribution is 6.22. The summed E-state index contributed by atoms with van der Waals surface area (Å²) >= 11 is 0. The summed E-state index contributed by atoms with van der Waals surface area (Å²) in [5.41, 5.74) is 13.0. The molecule has 0 bridgehead atoms. The summed E-state index contributed by atoms with van der Waals surface area (Å²) in [6, 6.07) is 52.6. The highest BCUT2D eigenvalue weighted by Gasteiger charge is 2.29. The van der Waals surface area contributed by atoms with E-state index in [0.29, 0.717) is 0 Å². The molecule has 4 nitrogen and oxygen atoms in total. The number of hydrogen-bond acceptors (Lipinski definition) is 2. The molecule has 9 aromatic rings. The number of pyridine rings is 1. The van der Waals surface area contributed by atoms with Crippen LogP contribution in [-0.2, 0) is 0 Å². The molecule has 210 valence electrons. The molecule has 10 rings (SSSR count). The Balaban J connectivity index is 1.31. The maximum absolute atomic E-state index is 4.37. The molecule has 1 aliphatic rings. The minimum Gasteiger partial charge on any atom is -0.309 e. The Kier molecular flexibility index (Phi) is 4.96. The van der Waals surface area contributed by atoms with Gasteiger partial charge in [0.05, 0.1) is 39.1 Å². The van der Waals surface area contributed by atoms with E-state index in [9.17, 15) is 0 Å². The van der Waals surface area contributed by atoms with Gasteiger partial charge in [-0.25, -0.2) is 0 Å². The summed E-state index contributed by atoms with van der Waals surface area (Å²) in [6.07, 6.45) is 3.75. The zero-order valence-corrected chi connectivity index (χ0v) is 24.3. The van der Waals surface area contributed by atoms with E-state index in [1.807, 2.05) is 18.5 Å². The Morgan fingerprint density at radius 3 is 1.93 bits per heavy atom. The van der Waals surface area contributed by atoms with Crippen molar-refractivity contribution in [2.75, 3.05) is 4.90 Å². The Bertz CT molecular complexity index is 2590. The average molecular weight is 575 g/mol. The van der Waals surface area contributed by atoms with Crippen LogP contribution in [0.15, 0.2) is 158 Å². The second-order valence-electron chi connectivity index (χ2n) is 11.7. The molecule has 3 aromatic heterocycles. The van der Waals surface area contributed by atoms with E-state index in [4.69, 9.17) is 0 Å². The van der Waals surface area contributed by atoms with E-state index in [1.54, 1.807) is 0 Å². The standard InChI is InChI=1S/C41H26N4/c1-2-13-29(14-3-1)43-36-19-6-7-20-37(36)45-40-24-33-31-16-4-5-18-35(31)44(30-15-8-11-27(23-30)28-12-10-22-42-26-28)39(33)25-34(40)32-17-9-21-38(43)41(32)45/h1-26H. The minimum atomic E-state index is 1.11. The molecule has 1 aliphatic heterocycles. The first-order valence-corrected chi connectivity index (χ1v) is 15.3. The average Bonchev–Trinajstić information content (AvgIpc) is 3.61. The van der Waals surface area contributed by atoms with Crippen LogP contribution in [0.3, 0.4) is 0 Å². The second-order valence-corrected chi connectivity index (χ2v) is 11.7. The third-order valence-electron chi connectivity index (χ3n) is 9.28. The highest BCUT2D eigenvalue weighted by atomic mass is 15.2. The van der Waals surface area contributed by atoms with Gasteiger partial charge in [0.25, 0.3) is 0 Å². The van der Waals surface area contributed by atoms with E-state index in [0.717, 1.165) is 22.5 Å². The predicted molar refractivity (Wildman–Crippen MR) is 187 cm³/mol. The molecule has 0 unspecified atom stereocenters. The molecule has 0 amide bonds. The normalized spacial score (nSPS) is 12.4. The van der Waals surface area contributed by atoms with Crippen molar-refractivity contribution in [1.29, 1.82) is 0 Å². The minimum absolute atomic E-state index is 1.11. The van der Waals surface area contributed by atoms with Crippen molar-refractivity contribution in [3.8, 4) is 22.5 Å². The summed E-state index contributed by atoms with van der Waals surface area (Å²) in [6.45, 7) is 0. The molecule has 0 radical (unpaired) electrons. The van der Waals surface area contributed by atoms with Gasteiger partial charge < -0.3 is 14.0 Å². The summed E-state index contributed by atoms with van der Waals surface area (Å²) in [7, 11) is 0. The van der Waals surface area contributed by atoms with Crippen molar-refractivity contribution in [1.82, 2.24) is 14.1 Å². The monoisotopic (exact) mass is 574 g/mol. The SMILES string of the molecule is c1ccc(N2c3ccccc3-n3c4cc5c6ccccc6n(-c6cccc(-c7cccnc7)c6)c5cc4c4cccc2c43)cc1. The van der Waals surface area contributed by atoms with Crippen molar-refractivity contribution in [3.05, 3.63) is 158 Å². The fourth-order valence-electron chi connectivity index (χ4n) is 7.40. The number of anilines is 3. The maximum Gasteiger partial charge on any atom is 0.0783 e. The van der Waals surface area contributed by atoms with Crippen molar-refractivity contribution < 1.29 is 0 Å². The smallest absolute Gasteiger partial charge is 0.0783 e. The van der Waals surface area contributed by atoms with Crippen LogP contribution in [0.25, 0.3) is 66.1 Å². The van der Waals surface area contributed by atoms with Crippen LogP contribution in [0.5, 0.6) is 0 Å². The Morgan fingerprint density at radius 2 is 1.07 bits per heavy atom. The highest BCUT2D eigenvalue weighted by Crippen LogP contribution is 2.50. The summed E-state index contributed by atoms with van der Waals surface area (Å²) in [5.74, 6) is 0. The van der Waals surface area contributed by atoms with Gasteiger partial charge in [-0.3, -0.25) is 4.98 Å². The molecule has 0 aliphatic carbocycles. The van der Waals surface area contributed by atoms with Gasteiger partial charge in [-0.05, 0) is 72.3 Å². The Labute approximate surface area is 259 Å². The first kappa shape index (κ1) is 24.3. The molecular formula is C41H26N4. The van der Waals surface area contributed by atoms with Crippen molar-refractivity contribution in [2.45, 2.75) is 0 Å². The molecule has 0 fully saturated rings. The molecular weight excluding hydrogens is 548 g/mol. The van der Waals surface area contributed by atoms with E-state index in [2.05, 4.69) is 159 Å². The summed E-state index contributed by atoms with van der Waals surface area (Å²) in [5, 5.41) is 4.99. The third kappa shape index (κ3) is 3.39. The lowest BCUT2D eigenvalue weighted by molar-refractivity contribution is 1.11. The van der Waals surface area contributed by atoms with Gasteiger partial charge >= 0.3 is 0 Å². The summed E-state index contributed by atoms with van der Waals surface area (Å²) in [4.78, 5) is 6.77. The number of hydrogen-bond donors (Lipinski definition) is 0. The van der Waals surface area contributed by atoms with Crippen LogP contribution < -0.4 is 4.90 Å². The van der Waals surface area contributed by atoms with Crippen LogP contribution in [-0.4, -0.2) is 14.1 Å². The molecule has 4 heteroatoms. The van der Waals surface area contributed by atoms with Gasteiger partial charge in [-0.1, -0.05) is 78.9 Å². The number of benzene rings is 6. The number of para-hydroxylation sites is 5. The van der Waals surface area contributed by atoms with E-state index < -0.39 is 0 Å². The molecule has 6 aromatic carbocycles. The van der Waals surface area contributed by atoms with Crippen molar-refractivity contribution in [2.24, 2.45) is 0 Å². The molecule has 4 heterocycles. The number of nitrogens with zero attached hydrogens (tertiary/aromatic N) is 4. The van der Waals surface area contributed by atoms with Crippen LogP contribution in [0.4, 0.5) is 17.1 Å². The van der Waals surface area contributed by atoms with Gasteiger partial charge in [0.2, 0.25) is 0 Å². The van der Waals surface area contributed by atoms with E-state index in [-0.39, 0.29) is 0 Å². The maximum atomic E-state index is 4.37. The zero-order valence-electron chi connectivity index (χ0n) is 24.3. The topological polar surface area (TPSA) is 26.0 Å². The molecule has 0 saturated carbocycles. The molecule has 0 N–H and O–H groups in total. The summed E-state index contributed by atoms with van der Waals surface area (Å²) < 4.78 is 4.89. The predicted octanol–water partition coefficient (Wildman–Crippen LogP) is 10.7. The fraction of sp³-hybridized carbons (Fsp3) is 0. The van der Waals surface area contributed by atoms with Gasteiger partial charge in [0.1, 0.15) is 0 Å². The van der Waals surface area contributed by atoms with Crippen LogP contribution >= 0.6 is 0 Å². The van der Waals surface area contributed by atoms with Crippen LogP contribution in [0, 0.1) is 0 Å². The van der Waals surface area contributed by atoms with Crippen molar-refractivity contribution >= 4 is 60.7 Å². The van der Waals surface area contributed by atoms with E-state index >= 15 is 0 Å². The zero-order chi connectivity index (χ0) is 29.5. The lowest BCUT2D eigenvalue weighted by atomic mass is 10.1. The number of fused-ring (bicyclic) bond motifs is 8. The van der Waals surface area contributed by atoms with Gasteiger partial charge in [-0.2, -0.15) is 0 Å². The molecule has 0 spiro atoms. The first-order chi connectivity index (χ1) is 22.3. The van der Waals surface area contributed by atoms with E-state index in [1.165, 1.54) is 60.7 Å². The Morgan fingerprint density at radius 1 is 0.400 bits per heavy atom. The largest absolute Gasteiger partial charge is 0.309 e. The van der Waals surface area contributed by atoms with Crippen LogP contribution in [0.1, 0.15) is 0 Å². The quantitative estimate of drug-likeness (QED) is 0.210. The fourth-order valence-corrected chi connectivity index (χ4v) is 7.40. The van der Waals surface area contributed by atoms with Crippen LogP contribution in [0.2, 0.25) is 0 Å². The van der Waals surface area contributed by atoms with Gasteiger partial charge in [0.15, 0.2) is 0 Å². The number of aromatic nitrogens is 3. The lowest BCUT2D eigenvalue weighted by Gasteiger charge is -2.33. The van der Waals surface area contributed by atoms with Crippen molar-refractivity contribution in [3.63, 3.8) is 0 Å². The van der Waals surface area contributed by atoms with Gasteiger partial charge in [-0.15, -0.1) is 0 Å². The molecule has 45 heavy (non-hydrogen) atoms. The molecule has 0 atom stereocenters. The Hall–Kier alpha value is -6.13. The molecule has 0 saturated heterocycles. The van der Waals surface area contributed by atoms with Gasteiger partial charge in [0, 0.05) is 50.9 Å². The lowest BCUT2D eigenvalue weighted by Crippen LogP contribution is -2.17. The third-order valence-corrected chi connectivity index (χ3v) is 9.28. The number of rotatable bonds is 3.